The molecule has 24 heavy (non-hydrogen) atoms. The molecule has 142 valence electrons. The molecular formula is C15H31ClN4O3S. The Hall–Kier alpha value is -0.410. The molecule has 0 aromatic heterocycles. The zero-order valence-electron chi connectivity index (χ0n) is 14.7. The number of nitrogens with zero attached hydrogens (tertiary/aromatic N) is 2. The molecule has 2 aliphatic rings. The summed E-state index contributed by atoms with van der Waals surface area (Å²) in [4.78, 5) is 12.1. The maximum atomic E-state index is 12.6. The number of hydrogen-bond donors (Lipinski definition) is 2. The molecule has 2 rings (SSSR count). The third kappa shape index (κ3) is 5.29. The van der Waals surface area contributed by atoms with Gasteiger partial charge < -0.3 is 10.6 Å². The predicted octanol–water partition coefficient (Wildman–Crippen LogP) is 0.575. The summed E-state index contributed by atoms with van der Waals surface area (Å²) in [7, 11) is -3.37. The molecule has 2 heterocycles. The van der Waals surface area contributed by atoms with Crippen LogP contribution in [0.15, 0.2) is 0 Å². The van der Waals surface area contributed by atoms with Crippen molar-refractivity contribution in [2.75, 3.05) is 39.3 Å². The Morgan fingerprint density at radius 1 is 1.25 bits per heavy atom. The second kappa shape index (κ2) is 9.91. The standard InChI is InChI=1S/C15H30N4O3S.ClH/c1-3-18(4-2)23(21,22)19-10-6-7-13(12-19)11-17-15(20)14-8-5-9-16-14;/h13-14,16H,3-12H2,1-2H3,(H,17,20);1H. The minimum atomic E-state index is -3.37. The largest absolute Gasteiger partial charge is 0.354 e. The second-order valence-electron chi connectivity index (χ2n) is 6.35. The predicted molar refractivity (Wildman–Crippen MR) is 97.4 cm³/mol. The number of hydrogen-bond acceptors (Lipinski definition) is 4. The number of nitrogens with one attached hydrogen (secondary N) is 2. The first-order valence-corrected chi connectivity index (χ1v) is 10.1. The van der Waals surface area contributed by atoms with Crippen molar-refractivity contribution in [1.82, 2.24) is 19.2 Å². The number of carbonyl (C=O) groups excluding carboxylic acids is 1. The average molecular weight is 383 g/mol. The van der Waals surface area contributed by atoms with Crippen molar-refractivity contribution in [3.8, 4) is 0 Å². The van der Waals surface area contributed by atoms with Crippen LogP contribution in [-0.2, 0) is 15.0 Å². The van der Waals surface area contributed by atoms with Gasteiger partial charge in [0, 0.05) is 32.7 Å². The summed E-state index contributed by atoms with van der Waals surface area (Å²) in [6.07, 6.45) is 3.74. The fourth-order valence-electron chi connectivity index (χ4n) is 3.39. The number of amides is 1. The van der Waals surface area contributed by atoms with Gasteiger partial charge in [-0.25, -0.2) is 0 Å². The first-order valence-electron chi connectivity index (χ1n) is 8.75. The molecule has 0 saturated carbocycles. The molecule has 2 atom stereocenters. The Morgan fingerprint density at radius 3 is 2.54 bits per heavy atom. The zero-order valence-corrected chi connectivity index (χ0v) is 16.3. The van der Waals surface area contributed by atoms with E-state index in [2.05, 4.69) is 10.6 Å². The number of halogens is 1. The van der Waals surface area contributed by atoms with E-state index in [0.717, 1.165) is 32.2 Å². The lowest BCUT2D eigenvalue weighted by atomic mass is 9.99. The molecule has 2 N–H and O–H groups in total. The molecule has 2 unspecified atom stereocenters. The van der Waals surface area contributed by atoms with E-state index in [1.54, 1.807) is 4.31 Å². The van der Waals surface area contributed by atoms with Crippen LogP contribution in [0.1, 0.15) is 39.5 Å². The second-order valence-corrected chi connectivity index (χ2v) is 8.28. The summed E-state index contributed by atoms with van der Waals surface area (Å²) in [5.74, 6) is 0.241. The van der Waals surface area contributed by atoms with E-state index in [9.17, 15) is 13.2 Å². The van der Waals surface area contributed by atoms with Crippen molar-refractivity contribution < 1.29 is 13.2 Å². The first kappa shape index (κ1) is 21.6. The molecule has 0 aromatic carbocycles. The Morgan fingerprint density at radius 2 is 1.96 bits per heavy atom. The smallest absolute Gasteiger partial charge is 0.281 e. The van der Waals surface area contributed by atoms with Crippen LogP contribution in [0.25, 0.3) is 0 Å². The van der Waals surface area contributed by atoms with Crippen LogP contribution in [0.3, 0.4) is 0 Å². The summed E-state index contributed by atoms with van der Waals surface area (Å²) in [6.45, 7) is 7.23. The van der Waals surface area contributed by atoms with Crippen LogP contribution in [0.2, 0.25) is 0 Å². The highest BCUT2D eigenvalue weighted by Gasteiger charge is 2.32. The molecule has 0 aliphatic carbocycles. The minimum Gasteiger partial charge on any atom is -0.354 e. The number of carbonyl (C=O) groups is 1. The van der Waals surface area contributed by atoms with Crippen molar-refractivity contribution in [2.24, 2.45) is 5.92 Å². The van der Waals surface area contributed by atoms with E-state index >= 15 is 0 Å². The average Bonchev–Trinajstić information content (AvgIpc) is 3.08. The normalized spacial score (nSPS) is 25.5. The molecule has 0 radical (unpaired) electrons. The van der Waals surface area contributed by atoms with Gasteiger partial charge in [-0.2, -0.15) is 17.0 Å². The molecule has 9 heteroatoms. The van der Waals surface area contributed by atoms with Crippen LogP contribution < -0.4 is 10.6 Å². The fraction of sp³-hybridized carbons (Fsp3) is 0.933. The fourth-order valence-corrected chi connectivity index (χ4v) is 5.13. The zero-order chi connectivity index (χ0) is 16.9. The quantitative estimate of drug-likeness (QED) is 0.674. The van der Waals surface area contributed by atoms with Gasteiger partial charge in [0.15, 0.2) is 0 Å². The van der Waals surface area contributed by atoms with E-state index in [1.165, 1.54) is 4.31 Å². The van der Waals surface area contributed by atoms with Gasteiger partial charge in [-0.05, 0) is 38.1 Å². The topological polar surface area (TPSA) is 81.8 Å². The lowest BCUT2D eigenvalue weighted by Gasteiger charge is -2.35. The van der Waals surface area contributed by atoms with Crippen LogP contribution in [-0.4, -0.2) is 68.2 Å². The van der Waals surface area contributed by atoms with Gasteiger partial charge in [-0.1, -0.05) is 13.8 Å². The van der Waals surface area contributed by atoms with E-state index in [-0.39, 0.29) is 30.3 Å². The first-order chi connectivity index (χ1) is 11.0. The van der Waals surface area contributed by atoms with Gasteiger partial charge in [-0.15, -0.1) is 12.4 Å². The summed E-state index contributed by atoms with van der Waals surface area (Å²) in [5.41, 5.74) is 0. The van der Waals surface area contributed by atoms with Crippen molar-refractivity contribution in [2.45, 2.75) is 45.6 Å². The minimum absolute atomic E-state index is 0. The van der Waals surface area contributed by atoms with Crippen LogP contribution in [0.4, 0.5) is 0 Å². The van der Waals surface area contributed by atoms with E-state index in [0.29, 0.717) is 32.7 Å². The van der Waals surface area contributed by atoms with Crippen LogP contribution in [0, 0.1) is 5.92 Å². The van der Waals surface area contributed by atoms with Gasteiger partial charge in [0.25, 0.3) is 10.2 Å². The summed E-state index contributed by atoms with van der Waals surface area (Å²) < 4.78 is 28.3. The highest BCUT2D eigenvalue weighted by Crippen LogP contribution is 2.20. The van der Waals surface area contributed by atoms with Crippen molar-refractivity contribution in [3.05, 3.63) is 0 Å². The Balaban J connectivity index is 0.00000288. The maximum Gasteiger partial charge on any atom is 0.281 e. The van der Waals surface area contributed by atoms with Gasteiger partial charge in [0.05, 0.1) is 6.04 Å². The third-order valence-electron chi connectivity index (χ3n) is 4.78. The van der Waals surface area contributed by atoms with Crippen molar-refractivity contribution in [3.63, 3.8) is 0 Å². The molecule has 7 nitrogen and oxygen atoms in total. The summed E-state index contributed by atoms with van der Waals surface area (Å²) >= 11 is 0. The van der Waals surface area contributed by atoms with Crippen LogP contribution in [0.5, 0.6) is 0 Å². The molecule has 0 aromatic rings. The van der Waals surface area contributed by atoms with Gasteiger partial charge in [0.2, 0.25) is 5.91 Å². The maximum absolute atomic E-state index is 12.6. The molecule has 2 saturated heterocycles. The van der Waals surface area contributed by atoms with Crippen molar-refractivity contribution >= 4 is 28.5 Å². The molecule has 2 fully saturated rings. The van der Waals surface area contributed by atoms with Crippen molar-refractivity contribution in [1.29, 1.82) is 0 Å². The highest BCUT2D eigenvalue weighted by atomic mass is 35.5. The molecule has 0 bridgehead atoms. The van der Waals surface area contributed by atoms with Gasteiger partial charge in [-0.3, -0.25) is 4.79 Å². The van der Waals surface area contributed by atoms with E-state index < -0.39 is 10.2 Å². The number of piperidine rings is 1. The van der Waals surface area contributed by atoms with Gasteiger partial charge in [0.1, 0.15) is 0 Å². The van der Waals surface area contributed by atoms with E-state index in [1.807, 2.05) is 13.8 Å². The lowest BCUT2D eigenvalue weighted by Crippen LogP contribution is -2.50. The van der Waals surface area contributed by atoms with Gasteiger partial charge >= 0.3 is 0 Å². The SMILES string of the molecule is CCN(CC)S(=O)(=O)N1CCCC(CNC(=O)C2CCCN2)C1.Cl. The summed E-state index contributed by atoms with van der Waals surface area (Å²) in [5, 5.41) is 6.17. The monoisotopic (exact) mass is 382 g/mol. The molecular weight excluding hydrogens is 352 g/mol. The third-order valence-corrected chi connectivity index (χ3v) is 6.93. The Bertz CT molecular complexity index is 493. The molecule has 1 amide bonds. The Kier molecular flexibility index (Phi) is 8.94. The molecule has 0 spiro atoms. The lowest BCUT2D eigenvalue weighted by molar-refractivity contribution is -0.123. The highest BCUT2D eigenvalue weighted by molar-refractivity contribution is 7.86. The number of rotatable bonds is 7. The van der Waals surface area contributed by atoms with Crippen LogP contribution >= 0.6 is 12.4 Å². The summed E-state index contributed by atoms with van der Waals surface area (Å²) in [6, 6.07) is -0.0749. The Labute approximate surface area is 152 Å². The van der Waals surface area contributed by atoms with E-state index in [4.69, 9.17) is 0 Å². The molecule has 2 aliphatic heterocycles.